The molecule has 0 spiro atoms. The molecule has 1 aliphatic rings. The molecule has 142 valence electrons. The minimum atomic E-state index is -0.335. The number of benzene rings is 2. The zero-order chi connectivity index (χ0) is 19.5. The zero-order valence-electron chi connectivity index (χ0n) is 15.6. The van der Waals surface area contributed by atoms with Gasteiger partial charge in [0.25, 0.3) is 11.8 Å². The molecule has 1 aliphatic heterocycles. The predicted molar refractivity (Wildman–Crippen MR) is 106 cm³/mol. The third-order valence-electron chi connectivity index (χ3n) is 4.77. The number of anilines is 1. The van der Waals surface area contributed by atoms with E-state index in [4.69, 9.17) is 0 Å². The van der Waals surface area contributed by atoms with Gasteiger partial charge in [-0.15, -0.1) is 5.10 Å². The second kappa shape index (κ2) is 7.64. The van der Waals surface area contributed by atoms with E-state index in [0.717, 1.165) is 31.6 Å². The number of aromatic nitrogens is 3. The minimum Gasteiger partial charge on any atom is -0.339 e. The van der Waals surface area contributed by atoms with Crippen LogP contribution in [-0.4, -0.2) is 44.8 Å². The summed E-state index contributed by atoms with van der Waals surface area (Å²) in [6, 6.07) is 16.4. The molecule has 0 bridgehead atoms. The van der Waals surface area contributed by atoms with Gasteiger partial charge >= 0.3 is 0 Å². The van der Waals surface area contributed by atoms with E-state index in [9.17, 15) is 9.59 Å². The quantitative estimate of drug-likeness (QED) is 0.760. The Labute approximate surface area is 163 Å². The number of nitrogens with one attached hydrogen (secondary N) is 1. The normalized spacial score (nSPS) is 13.5. The monoisotopic (exact) mass is 375 g/mol. The van der Waals surface area contributed by atoms with Gasteiger partial charge < -0.3 is 10.2 Å². The second-order valence-corrected chi connectivity index (χ2v) is 6.79. The first-order chi connectivity index (χ1) is 13.6. The molecular formula is C21H21N5O2. The van der Waals surface area contributed by atoms with Crippen LogP contribution in [-0.2, 0) is 0 Å². The average molecular weight is 375 g/mol. The lowest BCUT2D eigenvalue weighted by Gasteiger charge is -2.15. The Balaban J connectivity index is 1.46. The summed E-state index contributed by atoms with van der Waals surface area (Å²) in [5.41, 5.74) is 2.83. The van der Waals surface area contributed by atoms with E-state index in [0.29, 0.717) is 16.9 Å². The maximum Gasteiger partial charge on any atom is 0.278 e. The Bertz CT molecular complexity index is 989. The molecule has 28 heavy (non-hydrogen) atoms. The summed E-state index contributed by atoms with van der Waals surface area (Å²) >= 11 is 0. The van der Waals surface area contributed by atoms with Crippen molar-refractivity contribution in [1.29, 1.82) is 0 Å². The lowest BCUT2D eigenvalue weighted by Crippen LogP contribution is -2.27. The Morgan fingerprint density at radius 2 is 1.61 bits per heavy atom. The first kappa shape index (κ1) is 17.9. The lowest BCUT2D eigenvalue weighted by molar-refractivity contribution is 0.0792. The number of rotatable bonds is 4. The number of para-hydroxylation sites is 1. The van der Waals surface area contributed by atoms with E-state index >= 15 is 0 Å². The fourth-order valence-electron chi connectivity index (χ4n) is 3.25. The first-order valence-electron chi connectivity index (χ1n) is 9.32. The topological polar surface area (TPSA) is 80.1 Å². The number of aryl methyl sites for hydroxylation is 1. The highest BCUT2D eigenvalue weighted by Gasteiger charge is 2.20. The van der Waals surface area contributed by atoms with Crippen molar-refractivity contribution >= 4 is 17.5 Å². The van der Waals surface area contributed by atoms with Gasteiger partial charge in [0.2, 0.25) is 0 Å². The van der Waals surface area contributed by atoms with Gasteiger partial charge in [0, 0.05) is 24.3 Å². The van der Waals surface area contributed by atoms with Gasteiger partial charge in [0.1, 0.15) is 0 Å². The van der Waals surface area contributed by atoms with Crippen molar-refractivity contribution in [2.45, 2.75) is 19.8 Å². The van der Waals surface area contributed by atoms with Crippen LogP contribution in [0.25, 0.3) is 5.69 Å². The SMILES string of the molecule is Cc1nn(-c2ccccc2)nc1C(=O)Nc1ccc(C(=O)N2CCCC2)cc1. The number of hydrogen-bond donors (Lipinski definition) is 1. The van der Waals surface area contributed by atoms with Crippen molar-refractivity contribution in [3.05, 3.63) is 71.5 Å². The number of nitrogens with zero attached hydrogens (tertiary/aromatic N) is 4. The molecule has 0 saturated carbocycles. The van der Waals surface area contributed by atoms with E-state index in [1.807, 2.05) is 35.2 Å². The van der Waals surface area contributed by atoms with E-state index in [2.05, 4.69) is 15.5 Å². The predicted octanol–water partition coefficient (Wildman–Crippen LogP) is 3.06. The van der Waals surface area contributed by atoms with Crippen LogP contribution in [0.1, 0.15) is 39.4 Å². The van der Waals surface area contributed by atoms with Crippen molar-refractivity contribution in [1.82, 2.24) is 19.9 Å². The second-order valence-electron chi connectivity index (χ2n) is 6.79. The summed E-state index contributed by atoms with van der Waals surface area (Å²) in [5.74, 6) is -0.296. The van der Waals surface area contributed by atoms with Crippen LogP contribution in [0.5, 0.6) is 0 Å². The van der Waals surface area contributed by atoms with Crippen LogP contribution >= 0.6 is 0 Å². The zero-order valence-corrected chi connectivity index (χ0v) is 15.6. The van der Waals surface area contributed by atoms with Gasteiger partial charge in [-0.25, -0.2) is 0 Å². The summed E-state index contributed by atoms with van der Waals surface area (Å²) in [5, 5.41) is 11.4. The highest BCUT2D eigenvalue weighted by molar-refractivity contribution is 6.04. The standard InChI is InChI=1S/C21H21N5O2/c1-15-19(24-26(23-15)18-7-3-2-4-8-18)20(27)22-17-11-9-16(10-12-17)21(28)25-13-5-6-14-25/h2-4,7-12H,5-6,13-14H2,1H3,(H,22,27). The molecule has 1 aromatic heterocycles. The number of carbonyl (C=O) groups excluding carboxylic acids is 2. The molecule has 2 amide bonds. The molecule has 0 atom stereocenters. The minimum absolute atomic E-state index is 0.0389. The highest BCUT2D eigenvalue weighted by atomic mass is 16.2. The van der Waals surface area contributed by atoms with Crippen LogP contribution in [0.4, 0.5) is 5.69 Å². The largest absolute Gasteiger partial charge is 0.339 e. The molecule has 7 nitrogen and oxygen atoms in total. The first-order valence-corrected chi connectivity index (χ1v) is 9.32. The van der Waals surface area contributed by atoms with Crippen LogP contribution in [0.3, 0.4) is 0 Å². The Morgan fingerprint density at radius 3 is 2.29 bits per heavy atom. The summed E-state index contributed by atoms with van der Waals surface area (Å²) in [6.45, 7) is 3.38. The Kier molecular flexibility index (Phi) is 4.89. The van der Waals surface area contributed by atoms with E-state index in [1.165, 1.54) is 4.80 Å². The fourth-order valence-corrected chi connectivity index (χ4v) is 3.25. The van der Waals surface area contributed by atoms with Crippen molar-refractivity contribution in [2.75, 3.05) is 18.4 Å². The molecule has 1 N–H and O–H groups in total. The molecule has 0 aliphatic carbocycles. The average Bonchev–Trinajstić information content (AvgIpc) is 3.39. The van der Waals surface area contributed by atoms with Gasteiger partial charge in [-0.2, -0.15) is 9.90 Å². The summed E-state index contributed by atoms with van der Waals surface area (Å²) in [6.07, 6.45) is 2.12. The number of hydrogen-bond acceptors (Lipinski definition) is 4. The molecule has 1 fully saturated rings. The lowest BCUT2D eigenvalue weighted by atomic mass is 10.2. The van der Waals surface area contributed by atoms with Crippen molar-refractivity contribution in [2.24, 2.45) is 0 Å². The van der Waals surface area contributed by atoms with Crippen LogP contribution in [0, 0.1) is 6.92 Å². The molecule has 2 aromatic carbocycles. The van der Waals surface area contributed by atoms with E-state index in [1.54, 1.807) is 31.2 Å². The smallest absolute Gasteiger partial charge is 0.278 e. The molecule has 7 heteroatoms. The summed E-state index contributed by atoms with van der Waals surface area (Å²) < 4.78 is 0. The van der Waals surface area contributed by atoms with Gasteiger partial charge in [-0.1, -0.05) is 18.2 Å². The summed E-state index contributed by atoms with van der Waals surface area (Å²) in [4.78, 5) is 28.3. The van der Waals surface area contributed by atoms with Crippen LogP contribution in [0.2, 0.25) is 0 Å². The Morgan fingerprint density at radius 1 is 0.929 bits per heavy atom. The molecule has 4 rings (SSSR count). The third kappa shape index (κ3) is 3.64. The van der Waals surface area contributed by atoms with Crippen LogP contribution < -0.4 is 5.32 Å². The molecule has 1 saturated heterocycles. The maximum atomic E-state index is 12.6. The summed E-state index contributed by atoms with van der Waals surface area (Å²) in [7, 11) is 0. The van der Waals surface area contributed by atoms with E-state index in [-0.39, 0.29) is 17.5 Å². The fraction of sp³-hybridized carbons (Fsp3) is 0.238. The van der Waals surface area contributed by atoms with Gasteiger partial charge in [-0.3, -0.25) is 9.59 Å². The molecule has 0 radical (unpaired) electrons. The number of carbonyl (C=O) groups is 2. The third-order valence-corrected chi connectivity index (χ3v) is 4.77. The van der Waals surface area contributed by atoms with Gasteiger partial charge in [0.15, 0.2) is 5.69 Å². The van der Waals surface area contributed by atoms with Crippen molar-refractivity contribution in [3.63, 3.8) is 0 Å². The maximum absolute atomic E-state index is 12.6. The molecule has 2 heterocycles. The molecule has 3 aromatic rings. The van der Waals surface area contributed by atoms with Gasteiger partial charge in [0.05, 0.1) is 11.4 Å². The van der Waals surface area contributed by atoms with Gasteiger partial charge in [-0.05, 0) is 56.2 Å². The molecule has 0 unspecified atom stereocenters. The number of likely N-dealkylation sites (tertiary alicyclic amines) is 1. The Hall–Kier alpha value is -3.48. The van der Waals surface area contributed by atoms with Crippen LogP contribution in [0.15, 0.2) is 54.6 Å². The highest BCUT2D eigenvalue weighted by Crippen LogP contribution is 2.16. The van der Waals surface area contributed by atoms with Crippen molar-refractivity contribution in [3.8, 4) is 5.69 Å². The number of amides is 2. The van der Waals surface area contributed by atoms with Crippen molar-refractivity contribution < 1.29 is 9.59 Å². The van der Waals surface area contributed by atoms with E-state index < -0.39 is 0 Å². The molecular weight excluding hydrogens is 354 g/mol.